The first-order valence-electron chi connectivity index (χ1n) is 6.60. The van der Waals surface area contributed by atoms with E-state index >= 15 is 0 Å². The number of anilines is 1. The van der Waals surface area contributed by atoms with Gasteiger partial charge in [0.2, 0.25) is 0 Å². The van der Waals surface area contributed by atoms with Gasteiger partial charge in [-0.05, 0) is 35.9 Å². The number of hydrogen-bond acceptors (Lipinski definition) is 4. The van der Waals surface area contributed by atoms with Gasteiger partial charge in [-0.2, -0.15) is 4.72 Å². The molecule has 110 valence electrons. The van der Waals surface area contributed by atoms with E-state index < -0.39 is 11.4 Å². The molecule has 1 atom stereocenters. The summed E-state index contributed by atoms with van der Waals surface area (Å²) in [4.78, 5) is 19.1. The summed E-state index contributed by atoms with van der Waals surface area (Å²) in [5, 5.41) is 0. The number of nitrogens with one attached hydrogen (secondary N) is 2. The Morgan fingerprint density at radius 2 is 1.77 bits per heavy atom. The lowest BCUT2D eigenvalue weighted by Gasteiger charge is -2.11. The van der Waals surface area contributed by atoms with Gasteiger partial charge in [-0.3, -0.25) is 9.78 Å². The van der Waals surface area contributed by atoms with Gasteiger partial charge in [0.15, 0.2) is 4.90 Å². The van der Waals surface area contributed by atoms with Gasteiger partial charge in [-0.25, -0.2) is 0 Å². The minimum absolute atomic E-state index is 0.261. The minimum atomic E-state index is -1.49. The van der Waals surface area contributed by atoms with Crippen LogP contribution in [0.25, 0.3) is 11.1 Å². The largest absolute Gasteiger partial charge is 0.588 e. The van der Waals surface area contributed by atoms with Crippen molar-refractivity contribution < 1.29 is 4.55 Å². The van der Waals surface area contributed by atoms with E-state index in [4.69, 9.17) is 0 Å². The van der Waals surface area contributed by atoms with Crippen molar-refractivity contribution in [1.29, 1.82) is 0 Å². The van der Waals surface area contributed by atoms with Crippen LogP contribution in [0.2, 0.25) is 0 Å². The highest BCUT2D eigenvalue weighted by atomic mass is 32.2. The van der Waals surface area contributed by atoms with Crippen molar-refractivity contribution in [3.05, 3.63) is 77.5 Å². The van der Waals surface area contributed by atoms with Gasteiger partial charge in [0, 0.05) is 24.2 Å². The van der Waals surface area contributed by atoms with Gasteiger partial charge in [0.25, 0.3) is 5.56 Å². The van der Waals surface area contributed by atoms with Gasteiger partial charge in [-0.1, -0.05) is 18.2 Å². The molecule has 0 spiro atoms. The van der Waals surface area contributed by atoms with Gasteiger partial charge < -0.3 is 9.54 Å². The van der Waals surface area contributed by atoms with E-state index in [1.54, 1.807) is 48.9 Å². The lowest BCUT2D eigenvalue weighted by atomic mass is 10.1. The number of H-pyrrole nitrogens is 1. The molecule has 2 heterocycles. The molecule has 0 saturated carbocycles. The maximum absolute atomic E-state index is 12.3. The molecule has 0 aliphatic carbocycles. The van der Waals surface area contributed by atoms with Crippen molar-refractivity contribution in [2.45, 2.75) is 4.90 Å². The average Bonchev–Trinajstić information content (AvgIpc) is 2.58. The predicted octanol–water partition coefficient (Wildman–Crippen LogP) is 2.57. The molecule has 0 aliphatic heterocycles. The van der Waals surface area contributed by atoms with Crippen LogP contribution in [0.5, 0.6) is 0 Å². The van der Waals surface area contributed by atoms with E-state index in [0.29, 0.717) is 4.90 Å². The molecule has 0 amide bonds. The van der Waals surface area contributed by atoms with Crippen LogP contribution in [0.4, 0.5) is 5.69 Å². The highest BCUT2D eigenvalue weighted by Crippen LogP contribution is 2.20. The molecule has 1 aromatic carbocycles. The smallest absolute Gasteiger partial charge is 0.275 e. The molecule has 1 unspecified atom stereocenters. The van der Waals surface area contributed by atoms with Crippen molar-refractivity contribution >= 4 is 17.0 Å². The number of aromatic nitrogens is 2. The zero-order valence-electron chi connectivity index (χ0n) is 11.5. The molecule has 5 nitrogen and oxygen atoms in total. The van der Waals surface area contributed by atoms with Crippen LogP contribution in [-0.4, -0.2) is 14.5 Å². The predicted molar refractivity (Wildman–Crippen MR) is 86.8 cm³/mol. The number of benzene rings is 1. The molecular formula is C16H13N3O2S. The van der Waals surface area contributed by atoms with Gasteiger partial charge in [-0.15, -0.1) is 0 Å². The molecule has 3 rings (SSSR count). The van der Waals surface area contributed by atoms with Crippen molar-refractivity contribution in [2.75, 3.05) is 4.72 Å². The second-order valence-corrected chi connectivity index (χ2v) is 5.76. The van der Waals surface area contributed by atoms with E-state index in [2.05, 4.69) is 14.7 Å². The van der Waals surface area contributed by atoms with Crippen molar-refractivity contribution in [1.82, 2.24) is 9.97 Å². The molecule has 6 heteroatoms. The Balaban J connectivity index is 1.89. The topological polar surface area (TPSA) is 80.8 Å². The zero-order valence-corrected chi connectivity index (χ0v) is 12.3. The standard InChI is InChI=1S/C16H13N3O2S/c20-16-15(19-22(21)14-4-2-1-3-5-14)10-13(11-18-16)12-6-8-17-9-7-12/h1-11,19H,(H,18,20). The first kappa shape index (κ1) is 14.4. The molecule has 0 saturated heterocycles. The van der Waals surface area contributed by atoms with Crippen molar-refractivity contribution in [2.24, 2.45) is 0 Å². The molecule has 0 aliphatic rings. The highest BCUT2D eigenvalue weighted by Gasteiger charge is 2.13. The quantitative estimate of drug-likeness (QED) is 0.726. The van der Waals surface area contributed by atoms with E-state index in [1.807, 2.05) is 18.2 Å². The number of hydrogen-bond donors (Lipinski definition) is 2. The molecule has 0 bridgehead atoms. The van der Waals surface area contributed by atoms with E-state index in [1.165, 1.54) is 0 Å². The number of nitrogens with zero attached hydrogens (tertiary/aromatic N) is 1. The van der Waals surface area contributed by atoms with Gasteiger partial charge >= 0.3 is 0 Å². The van der Waals surface area contributed by atoms with Crippen LogP contribution in [0.3, 0.4) is 0 Å². The number of aromatic amines is 1. The third kappa shape index (κ3) is 3.19. The second-order valence-electron chi connectivity index (χ2n) is 4.55. The molecule has 22 heavy (non-hydrogen) atoms. The summed E-state index contributed by atoms with van der Waals surface area (Å²) in [6.45, 7) is 0. The fourth-order valence-electron chi connectivity index (χ4n) is 1.97. The number of rotatable bonds is 4. The van der Waals surface area contributed by atoms with Crippen molar-refractivity contribution in [3.8, 4) is 11.1 Å². The molecular weight excluding hydrogens is 298 g/mol. The fourth-order valence-corrected chi connectivity index (χ4v) is 2.85. The molecule has 2 aromatic heterocycles. The Labute approximate surface area is 130 Å². The Hall–Kier alpha value is -2.57. The summed E-state index contributed by atoms with van der Waals surface area (Å²) < 4.78 is 15.0. The Kier molecular flexibility index (Phi) is 4.22. The molecule has 3 aromatic rings. The summed E-state index contributed by atoms with van der Waals surface area (Å²) in [7, 11) is 0. The lowest BCUT2D eigenvalue weighted by Crippen LogP contribution is -2.20. The van der Waals surface area contributed by atoms with Crippen LogP contribution < -0.4 is 10.3 Å². The van der Waals surface area contributed by atoms with E-state index in [-0.39, 0.29) is 11.2 Å². The first-order valence-corrected chi connectivity index (χ1v) is 7.75. The molecule has 0 fully saturated rings. The van der Waals surface area contributed by atoms with E-state index in [0.717, 1.165) is 11.1 Å². The van der Waals surface area contributed by atoms with Crippen molar-refractivity contribution in [3.63, 3.8) is 0 Å². The highest BCUT2D eigenvalue weighted by molar-refractivity contribution is 7.92. The van der Waals surface area contributed by atoms with Crippen LogP contribution in [0.1, 0.15) is 0 Å². The summed E-state index contributed by atoms with van der Waals surface area (Å²) in [5.41, 5.74) is 1.67. The Morgan fingerprint density at radius 1 is 1.05 bits per heavy atom. The Bertz CT molecular complexity index is 806. The normalized spacial score (nSPS) is 11.9. The van der Waals surface area contributed by atoms with E-state index in [9.17, 15) is 9.35 Å². The van der Waals surface area contributed by atoms with Crippen LogP contribution in [0, 0.1) is 0 Å². The van der Waals surface area contributed by atoms with Gasteiger partial charge in [0.1, 0.15) is 17.0 Å². The second kappa shape index (κ2) is 6.46. The molecule has 2 N–H and O–H groups in total. The monoisotopic (exact) mass is 311 g/mol. The maximum atomic E-state index is 12.3. The summed E-state index contributed by atoms with van der Waals surface area (Å²) in [6.07, 6.45) is 4.97. The molecule has 0 radical (unpaired) electrons. The van der Waals surface area contributed by atoms with Crippen LogP contribution in [-0.2, 0) is 11.4 Å². The lowest BCUT2D eigenvalue weighted by molar-refractivity contribution is 0.600. The summed E-state index contributed by atoms with van der Waals surface area (Å²) >= 11 is -1.49. The zero-order chi connectivity index (χ0) is 15.4. The third-order valence-electron chi connectivity index (χ3n) is 3.08. The Morgan fingerprint density at radius 3 is 2.50 bits per heavy atom. The SMILES string of the molecule is O=c1[nH]cc(-c2ccncc2)cc1N[S+]([O-])c1ccccc1. The summed E-state index contributed by atoms with van der Waals surface area (Å²) in [5.74, 6) is 0. The van der Waals surface area contributed by atoms with Gasteiger partial charge in [0.05, 0.1) is 0 Å². The maximum Gasteiger partial charge on any atom is 0.275 e. The van der Waals surface area contributed by atoms with Crippen LogP contribution in [0.15, 0.2) is 76.8 Å². The van der Waals surface area contributed by atoms with Crippen LogP contribution >= 0.6 is 0 Å². The summed E-state index contributed by atoms with van der Waals surface area (Å²) in [6, 6.07) is 14.3. The number of pyridine rings is 2. The average molecular weight is 311 g/mol. The third-order valence-corrected chi connectivity index (χ3v) is 4.18. The first-order chi connectivity index (χ1) is 10.7. The minimum Gasteiger partial charge on any atom is -0.588 e. The fraction of sp³-hybridized carbons (Fsp3) is 0.